The maximum absolute atomic E-state index is 12.3. The van der Waals surface area contributed by atoms with E-state index in [1.165, 1.54) is 11.3 Å². The van der Waals surface area contributed by atoms with Gasteiger partial charge in [0.2, 0.25) is 0 Å². The Kier molecular flexibility index (Phi) is 5.22. The molecule has 0 spiro atoms. The van der Waals surface area contributed by atoms with Crippen molar-refractivity contribution in [1.82, 2.24) is 0 Å². The molecule has 0 fully saturated rings. The van der Waals surface area contributed by atoms with Crippen molar-refractivity contribution < 1.29 is 13.2 Å². The number of hydrogen-bond donors (Lipinski definition) is 1. The van der Waals surface area contributed by atoms with Crippen LogP contribution in [-0.2, 0) is 6.42 Å². The highest BCUT2D eigenvalue weighted by Gasteiger charge is 2.21. The number of rotatable bonds is 5. The van der Waals surface area contributed by atoms with Crippen molar-refractivity contribution >= 4 is 28.9 Å². The van der Waals surface area contributed by atoms with Crippen LogP contribution in [0.2, 0.25) is 0 Å². The summed E-state index contributed by atoms with van der Waals surface area (Å²) in [6.07, 6.45) is -1.16. The summed E-state index contributed by atoms with van der Waals surface area (Å²) in [4.78, 5) is 4.63. The molecule has 1 aliphatic rings. The highest BCUT2D eigenvalue weighted by atomic mass is 19.4. The lowest BCUT2D eigenvalue weighted by atomic mass is 10.0. The SMILES string of the molecule is C=C(Nc1ccc2c(c1)N=C(CC)C2)c1ccc(/C=C/C(F)(F)F)cc1C. The molecular weight excluding hydrogens is 349 g/mol. The molecule has 140 valence electrons. The van der Waals surface area contributed by atoms with Gasteiger partial charge < -0.3 is 5.32 Å². The minimum Gasteiger partial charge on any atom is -0.355 e. The fourth-order valence-corrected chi connectivity index (χ4v) is 3.09. The summed E-state index contributed by atoms with van der Waals surface area (Å²) in [6.45, 7) is 8.03. The standard InChI is InChI=1S/C22H21F3N2/c1-4-18-12-17-6-7-19(13-21(17)27-18)26-15(3)20-8-5-16(11-14(20)2)9-10-22(23,24)25/h5-11,13,26H,3-4,12H2,1-2H3/b10-9+. The third-order valence-corrected chi connectivity index (χ3v) is 4.50. The number of fused-ring (bicyclic) bond motifs is 1. The summed E-state index contributed by atoms with van der Waals surface area (Å²) in [7, 11) is 0. The van der Waals surface area contributed by atoms with Crippen molar-refractivity contribution in [2.45, 2.75) is 32.9 Å². The van der Waals surface area contributed by atoms with E-state index in [2.05, 4.69) is 29.9 Å². The minimum atomic E-state index is -4.31. The molecule has 0 unspecified atom stereocenters. The first-order chi connectivity index (χ1) is 12.7. The predicted octanol–water partition coefficient (Wildman–Crippen LogP) is 6.69. The number of aryl methyl sites for hydroxylation is 1. The number of benzene rings is 2. The van der Waals surface area contributed by atoms with Gasteiger partial charge in [0.25, 0.3) is 0 Å². The third kappa shape index (κ3) is 4.67. The van der Waals surface area contributed by atoms with Gasteiger partial charge in [0.05, 0.1) is 5.69 Å². The van der Waals surface area contributed by atoms with Crippen molar-refractivity contribution in [1.29, 1.82) is 0 Å². The van der Waals surface area contributed by atoms with Crippen LogP contribution >= 0.6 is 0 Å². The molecule has 0 saturated carbocycles. The number of allylic oxidation sites excluding steroid dienone is 1. The first-order valence-corrected chi connectivity index (χ1v) is 8.77. The van der Waals surface area contributed by atoms with E-state index in [1.807, 2.05) is 19.1 Å². The zero-order chi connectivity index (χ0) is 19.6. The fourth-order valence-electron chi connectivity index (χ4n) is 3.09. The Bertz CT molecular complexity index is 937. The smallest absolute Gasteiger partial charge is 0.355 e. The highest BCUT2D eigenvalue weighted by Crippen LogP contribution is 2.32. The van der Waals surface area contributed by atoms with Gasteiger partial charge in [-0.15, -0.1) is 0 Å². The lowest BCUT2D eigenvalue weighted by Gasteiger charge is -2.13. The molecule has 0 aliphatic carbocycles. The first kappa shape index (κ1) is 19.0. The monoisotopic (exact) mass is 370 g/mol. The van der Waals surface area contributed by atoms with E-state index in [9.17, 15) is 13.2 Å². The number of alkyl halides is 3. The van der Waals surface area contributed by atoms with Crippen LogP contribution in [0.15, 0.2) is 54.0 Å². The van der Waals surface area contributed by atoms with Crippen molar-refractivity contribution in [2.24, 2.45) is 4.99 Å². The normalized spacial score (nSPS) is 13.6. The van der Waals surface area contributed by atoms with Crippen molar-refractivity contribution in [3.05, 3.63) is 71.3 Å². The molecule has 0 saturated heterocycles. The van der Waals surface area contributed by atoms with Gasteiger partial charge in [0, 0.05) is 35.2 Å². The van der Waals surface area contributed by atoms with Gasteiger partial charge in [-0.1, -0.05) is 43.8 Å². The number of nitrogens with one attached hydrogen (secondary N) is 1. The molecule has 1 heterocycles. The Morgan fingerprint density at radius 2 is 2.00 bits per heavy atom. The Morgan fingerprint density at radius 1 is 1.22 bits per heavy atom. The molecule has 0 atom stereocenters. The summed E-state index contributed by atoms with van der Waals surface area (Å²) in [6, 6.07) is 11.2. The van der Waals surface area contributed by atoms with Gasteiger partial charge in [-0.05, 0) is 42.2 Å². The van der Waals surface area contributed by atoms with Crippen LogP contribution in [-0.4, -0.2) is 11.9 Å². The summed E-state index contributed by atoms with van der Waals surface area (Å²) >= 11 is 0. The van der Waals surface area contributed by atoms with Crippen molar-refractivity contribution in [3.63, 3.8) is 0 Å². The number of aliphatic imine (C=N–C) groups is 1. The number of anilines is 1. The fraction of sp³-hybridized carbons (Fsp3) is 0.227. The van der Waals surface area contributed by atoms with Crippen LogP contribution < -0.4 is 5.32 Å². The number of hydrogen-bond acceptors (Lipinski definition) is 2. The molecule has 0 amide bonds. The molecule has 1 N–H and O–H groups in total. The first-order valence-electron chi connectivity index (χ1n) is 8.77. The lowest BCUT2D eigenvalue weighted by Crippen LogP contribution is -2.01. The van der Waals surface area contributed by atoms with E-state index in [0.717, 1.165) is 41.4 Å². The second-order valence-corrected chi connectivity index (χ2v) is 6.60. The Balaban J connectivity index is 1.75. The average molecular weight is 370 g/mol. The van der Waals surface area contributed by atoms with Crippen LogP contribution in [0.1, 0.15) is 35.6 Å². The third-order valence-electron chi connectivity index (χ3n) is 4.50. The Hall–Kier alpha value is -2.82. The minimum absolute atomic E-state index is 0.240. The van der Waals surface area contributed by atoms with Crippen molar-refractivity contribution in [2.75, 3.05) is 5.32 Å². The van der Waals surface area contributed by atoms with Gasteiger partial charge in [-0.25, -0.2) is 0 Å². The molecule has 27 heavy (non-hydrogen) atoms. The topological polar surface area (TPSA) is 24.4 Å². The number of nitrogens with zero attached hydrogens (tertiary/aromatic N) is 1. The molecule has 0 aromatic heterocycles. The van der Waals surface area contributed by atoms with E-state index >= 15 is 0 Å². The van der Waals surface area contributed by atoms with Gasteiger partial charge in [0.1, 0.15) is 0 Å². The zero-order valence-electron chi connectivity index (χ0n) is 15.3. The maximum atomic E-state index is 12.3. The molecule has 0 bridgehead atoms. The molecule has 2 aromatic rings. The molecule has 1 aliphatic heterocycles. The lowest BCUT2D eigenvalue weighted by molar-refractivity contribution is -0.0790. The van der Waals surface area contributed by atoms with E-state index < -0.39 is 6.18 Å². The summed E-state index contributed by atoms with van der Waals surface area (Å²) in [5.41, 5.74) is 7.17. The van der Waals surface area contributed by atoms with E-state index in [-0.39, 0.29) is 6.08 Å². The highest BCUT2D eigenvalue weighted by molar-refractivity contribution is 5.94. The summed E-state index contributed by atoms with van der Waals surface area (Å²) in [5.74, 6) is 0. The average Bonchev–Trinajstić information content (AvgIpc) is 3.01. The quantitative estimate of drug-likeness (QED) is 0.623. The van der Waals surface area contributed by atoms with E-state index in [0.29, 0.717) is 11.3 Å². The Labute approximate surface area is 157 Å². The van der Waals surface area contributed by atoms with Gasteiger partial charge in [-0.2, -0.15) is 13.2 Å². The van der Waals surface area contributed by atoms with Gasteiger partial charge >= 0.3 is 6.18 Å². The molecule has 3 rings (SSSR count). The van der Waals surface area contributed by atoms with Gasteiger partial charge in [0.15, 0.2) is 0 Å². The molecule has 2 nitrogen and oxygen atoms in total. The van der Waals surface area contributed by atoms with Crippen LogP contribution in [0.4, 0.5) is 24.5 Å². The summed E-state index contributed by atoms with van der Waals surface area (Å²) in [5, 5.41) is 3.28. The predicted molar refractivity (Wildman–Crippen MR) is 106 cm³/mol. The van der Waals surface area contributed by atoms with Crippen LogP contribution in [0.25, 0.3) is 11.8 Å². The van der Waals surface area contributed by atoms with Crippen molar-refractivity contribution in [3.8, 4) is 0 Å². The second-order valence-electron chi connectivity index (χ2n) is 6.60. The Morgan fingerprint density at radius 3 is 2.67 bits per heavy atom. The number of halogens is 3. The molecule has 2 aromatic carbocycles. The van der Waals surface area contributed by atoms with E-state index in [4.69, 9.17) is 0 Å². The van der Waals surface area contributed by atoms with E-state index in [1.54, 1.807) is 18.2 Å². The van der Waals surface area contributed by atoms with Crippen LogP contribution in [0.5, 0.6) is 0 Å². The largest absolute Gasteiger partial charge is 0.409 e. The van der Waals surface area contributed by atoms with Crippen LogP contribution in [0.3, 0.4) is 0 Å². The van der Waals surface area contributed by atoms with Gasteiger partial charge in [-0.3, -0.25) is 4.99 Å². The maximum Gasteiger partial charge on any atom is 0.409 e. The zero-order valence-corrected chi connectivity index (χ0v) is 15.3. The molecule has 0 radical (unpaired) electrons. The molecule has 5 heteroatoms. The van der Waals surface area contributed by atoms with Crippen LogP contribution in [0, 0.1) is 6.92 Å². The second kappa shape index (κ2) is 7.43. The molecular formula is C22H21F3N2. The summed E-state index contributed by atoms with van der Waals surface area (Å²) < 4.78 is 36.9.